The molecule has 0 N–H and O–H groups in total. The largest absolute Gasteiger partial charge is 0.350 e. The van der Waals surface area contributed by atoms with Crippen molar-refractivity contribution in [1.82, 2.24) is 9.47 Å². The van der Waals surface area contributed by atoms with Crippen LogP contribution in [0.3, 0.4) is 0 Å². The molecule has 2 heteroatoms. The van der Waals surface area contributed by atoms with Crippen molar-refractivity contribution in [3.05, 3.63) is 58.4 Å². The monoisotopic (exact) mass is 310 g/mol. The molecule has 0 amide bonds. The molecule has 1 aliphatic heterocycles. The number of hydrogen-bond donors (Lipinski definition) is 0. The first kappa shape index (κ1) is 16.3. The number of fused-ring (bicyclic) bond motifs is 1. The first-order valence-electron chi connectivity index (χ1n) is 9.08. The minimum atomic E-state index is 0.401. The summed E-state index contributed by atoms with van der Waals surface area (Å²) in [5.41, 5.74) is 7.18. The van der Waals surface area contributed by atoms with E-state index in [1.807, 2.05) is 0 Å². The van der Waals surface area contributed by atoms with Gasteiger partial charge in [-0.3, -0.25) is 4.90 Å². The standard InChI is InChI=1S/C21H30N2/c1-5-6-10-23-13-8-12-22-11-7-9-20(22)21(23)19-15-17(3)16(2)14-18(19)4/h7,9,11,14-15,21H,5-6,8,10,12-13H2,1-4H3. The van der Waals surface area contributed by atoms with E-state index < -0.39 is 0 Å². The number of rotatable bonds is 4. The summed E-state index contributed by atoms with van der Waals surface area (Å²) in [4.78, 5) is 2.71. The van der Waals surface area contributed by atoms with Gasteiger partial charge in [0.15, 0.2) is 0 Å². The van der Waals surface area contributed by atoms with Crippen LogP contribution in [-0.4, -0.2) is 22.6 Å². The smallest absolute Gasteiger partial charge is 0.0758 e. The second-order valence-electron chi connectivity index (χ2n) is 7.07. The third kappa shape index (κ3) is 3.23. The lowest BCUT2D eigenvalue weighted by molar-refractivity contribution is 0.225. The Hall–Kier alpha value is -1.54. The van der Waals surface area contributed by atoms with E-state index in [0.717, 1.165) is 6.54 Å². The van der Waals surface area contributed by atoms with Crippen LogP contribution in [0.4, 0.5) is 0 Å². The van der Waals surface area contributed by atoms with Crippen molar-refractivity contribution in [1.29, 1.82) is 0 Å². The SMILES string of the molecule is CCCCN1CCCn2cccc2C1c1cc(C)c(C)cc1C. The van der Waals surface area contributed by atoms with E-state index in [9.17, 15) is 0 Å². The van der Waals surface area contributed by atoms with Gasteiger partial charge >= 0.3 is 0 Å². The second-order valence-corrected chi connectivity index (χ2v) is 7.07. The molecule has 1 aromatic heterocycles. The highest BCUT2D eigenvalue weighted by atomic mass is 15.2. The Balaban J connectivity index is 2.08. The molecule has 1 aliphatic rings. The Morgan fingerprint density at radius 2 is 1.83 bits per heavy atom. The molecular weight excluding hydrogens is 280 g/mol. The van der Waals surface area contributed by atoms with Crippen LogP contribution in [0.5, 0.6) is 0 Å². The van der Waals surface area contributed by atoms with Crippen LogP contribution in [0.25, 0.3) is 0 Å². The summed E-state index contributed by atoms with van der Waals surface area (Å²) in [6.45, 7) is 12.6. The van der Waals surface area contributed by atoms with Crippen LogP contribution in [0.15, 0.2) is 30.5 Å². The second kappa shape index (κ2) is 6.92. The fourth-order valence-corrected chi connectivity index (χ4v) is 3.88. The predicted octanol–water partition coefficient (Wildman–Crippen LogP) is 5.01. The van der Waals surface area contributed by atoms with Gasteiger partial charge in [0, 0.05) is 25.0 Å². The quantitative estimate of drug-likeness (QED) is 0.771. The maximum absolute atomic E-state index is 2.71. The van der Waals surface area contributed by atoms with Gasteiger partial charge in [0.2, 0.25) is 0 Å². The zero-order valence-electron chi connectivity index (χ0n) is 15.1. The minimum absolute atomic E-state index is 0.401. The van der Waals surface area contributed by atoms with Crippen LogP contribution in [0, 0.1) is 20.8 Å². The van der Waals surface area contributed by atoms with Crippen LogP contribution in [0.2, 0.25) is 0 Å². The summed E-state index contributed by atoms with van der Waals surface area (Å²) in [5, 5.41) is 0. The fourth-order valence-electron chi connectivity index (χ4n) is 3.88. The summed E-state index contributed by atoms with van der Waals surface area (Å²) in [6, 6.07) is 9.72. The molecule has 1 atom stereocenters. The molecule has 0 saturated carbocycles. The molecule has 0 radical (unpaired) electrons. The number of benzene rings is 1. The normalized spacial score (nSPS) is 18.7. The molecule has 0 saturated heterocycles. The molecule has 0 aliphatic carbocycles. The molecule has 1 aromatic carbocycles. The number of aryl methyl sites for hydroxylation is 4. The molecule has 0 fully saturated rings. The highest BCUT2D eigenvalue weighted by molar-refractivity contribution is 5.41. The van der Waals surface area contributed by atoms with E-state index in [1.165, 1.54) is 60.3 Å². The molecular formula is C21H30N2. The number of aromatic nitrogens is 1. The summed E-state index contributed by atoms with van der Waals surface area (Å²) < 4.78 is 2.46. The minimum Gasteiger partial charge on any atom is -0.350 e. The lowest BCUT2D eigenvalue weighted by atomic mass is 9.93. The van der Waals surface area contributed by atoms with E-state index in [4.69, 9.17) is 0 Å². The third-order valence-electron chi connectivity index (χ3n) is 5.33. The van der Waals surface area contributed by atoms with Gasteiger partial charge in [-0.05, 0) is 74.5 Å². The Labute approximate surface area is 141 Å². The zero-order chi connectivity index (χ0) is 16.4. The topological polar surface area (TPSA) is 8.17 Å². The summed E-state index contributed by atoms with van der Waals surface area (Å²) in [7, 11) is 0. The molecule has 124 valence electrons. The van der Waals surface area contributed by atoms with Gasteiger partial charge in [0.25, 0.3) is 0 Å². The van der Waals surface area contributed by atoms with Crippen molar-refractivity contribution in [2.24, 2.45) is 0 Å². The molecule has 1 unspecified atom stereocenters. The molecule has 0 bridgehead atoms. The lowest BCUT2D eigenvalue weighted by Gasteiger charge is -2.32. The van der Waals surface area contributed by atoms with Crippen LogP contribution < -0.4 is 0 Å². The van der Waals surface area contributed by atoms with Crippen molar-refractivity contribution < 1.29 is 0 Å². The van der Waals surface area contributed by atoms with E-state index in [0.29, 0.717) is 6.04 Å². The fraction of sp³-hybridized carbons (Fsp3) is 0.524. The maximum Gasteiger partial charge on any atom is 0.0758 e. The van der Waals surface area contributed by atoms with Gasteiger partial charge < -0.3 is 4.57 Å². The number of unbranched alkanes of at least 4 members (excludes halogenated alkanes) is 1. The Kier molecular flexibility index (Phi) is 4.91. The van der Waals surface area contributed by atoms with Crippen molar-refractivity contribution >= 4 is 0 Å². The van der Waals surface area contributed by atoms with Gasteiger partial charge in [-0.25, -0.2) is 0 Å². The molecule has 23 heavy (non-hydrogen) atoms. The first-order valence-corrected chi connectivity index (χ1v) is 9.08. The highest BCUT2D eigenvalue weighted by Gasteiger charge is 2.28. The lowest BCUT2D eigenvalue weighted by Crippen LogP contribution is -2.31. The average Bonchev–Trinajstić information content (AvgIpc) is 2.91. The summed E-state index contributed by atoms with van der Waals surface area (Å²) in [5.74, 6) is 0. The van der Waals surface area contributed by atoms with Crippen molar-refractivity contribution in [3.63, 3.8) is 0 Å². The van der Waals surface area contributed by atoms with Crippen LogP contribution in [-0.2, 0) is 6.54 Å². The van der Waals surface area contributed by atoms with E-state index in [1.54, 1.807) is 0 Å². The first-order chi connectivity index (χ1) is 11.1. The molecule has 3 rings (SSSR count). The molecule has 2 nitrogen and oxygen atoms in total. The molecule has 2 heterocycles. The van der Waals surface area contributed by atoms with E-state index >= 15 is 0 Å². The molecule has 0 spiro atoms. The third-order valence-corrected chi connectivity index (χ3v) is 5.33. The van der Waals surface area contributed by atoms with E-state index in [-0.39, 0.29) is 0 Å². The average molecular weight is 310 g/mol. The highest BCUT2D eigenvalue weighted by Crippen LogP contribution is 2.34. The van der Waals surface area contributed by atoms with Crippen LogP contribution in [0.1, 0.15) is 60.2 Å². The van der Waals surface area contributed by atoms with Gasteiger partial charge in [-0.15, -0.1) is 0 Å². The van der Waals surface area contributed by atoms with Crippen molar-refractivity contribution in [3.8, 4) is 0 Å². The zero-order valence-corrected chi connectivity index (χ0v) is 15.1. The Morgan fingerprint density at radius 3 is 2.61 bits per heavy atom. The molecule has 2 aromatic rings. The van der Waals surface area contributed by atoms with Crippen LogP contribution >= 0.6 is 0 Å². The van der Waals surface area contributed by atoms with Crippen molar-refractivity contribution in [2.75, 3.05) is 13.1 Å². The van der Waals surface area contributed by atoms with Gasteiger partial charge in [0.05, 0.1) is 6.04 Å². The summed E-state index contributed by atoms with van der Waals surface area (Å²) in [6.07, 6.45) is 6.03. The van der Waals surface area contributed by atoms with Crippen molar-refractivity contribution in [2.45, 2.75) is 59.5 Å². The van der Waals surface area contributed by atoms with Gasteiger partial charge in [-0.1, -0.05) is 25.5 Å². The number of hydrogen-bond acceptors (Lipinski definition) is 1. The predicted molar refractivity (Wildman–Crippen MR) is 98.0 cm³/mol. The summed E-state index contributed by atoms with van der Waals surface area (Å²) >= 11 is 0. The van der Waals surface area contributed by atoms with E-state index in [2.05, 4.69) is 67.6 Å². The Bertz CT molecular complexity index is 668. The van der Waals surface area contributed by atoms with Gasteiger partial charge in [0.1, 0.15) is 0 Å². The maximum atomic E-state index is 2.71. The number of nitrogens with zero attached hydrogens (tertiary/aromatic N) is 2. The Morgan fingerprint density at radius 1 is 1.04 bits per heavy atom. The van der Waals surface area contributed by atoms with Gasteiger partial charge in [-0.2, -0.15) is 0 Å².